The molecule has 1 fully saturated rings. The standard InChI is InChI=1S/C13H15BBrF3O2/c1-11(2)12(3,4)20-14(19-11)8-6-5-7-9(15)10(8)13(16,17)18/h5-7H,1-4H3. The van der Waals surface area contributed by atoms with Crippen LogP contribution in [0.1, 0.15) is 33.3 Å². The minimum absolute atomic E-state index is 0.00877. The smallest absolute Gasteiger partial charge is 0.399 e. The number of alkyl halides is 3. The first kappa shape index (κ1) is 15.9. The first-order chi connectivity index (χ1) is 8.96. The molecule has 110 valence electrons. The van der Waals surface area contributed by atoms with Gasteiger partial charge in [0.1, 0.15) is 0 Å². The number of rotatable bonds is 1. The van der Waals surface area contributed by atoms with Gasteiger partial charge in [-0.3, -0.25) is 0 Å². The molecule has 0 aliphatic carbocycles. The van der Waals surface area contributed by atoms with Crippen molar-refractivity contribution in [1.29, 1.82) is 0 Å². The van der Waals surface area contributed by atoms with Gasteiger partial charge in [-0.1, -0.05) is 28.1 Å². The highest BCUT2D eigenvalue weighted by molar-refractivity contribution is 9.10. The summed E-state index contributed by atoms with van der Waals surface area (Å²) in [4.78, 5) is 0. The van der Waals surface area contributed by atoms with Crippen LogP contribution in [0.5, 0.6) is 0 Å². The van der Waals surface area contributed by atoms with Crippen molar-refractivity contribution in [3.63, 3.8) is 0 Å². The van der Waals surface area contributed by atoms with Crippen LogP contribution in [0.15, 0.2) is 22.7 Å². The number of benzene rings is 1. The minimum atomic E-state index is -4.47. The molecule has 0 saturated carbocycles. The molecular formula is C13H15BBrF3O2. The fourth-order valence-corrected chi connectivity index (χ4v) is 2.61. The van der Waals surface area contributed by atoms with E-state index in [0.29, 0.717) is 0 Å². The van der Waals surface area contributed by atoms with E-state index in [-0.39, 0.29) is 9.94 Å². The van der Waals surface area contributed by atoms with Gasteiger partial charge < -0.3 is 9.31 Å². The topological polar surface area (TPSA) is 18.5 Å². The monoisotopic (exact) mass is 350 g/mol. The van der Waals surface area contributed by atoms with E-state index in [1.807, 2.05) is 0 Å². The zero-order chi connectivity index (χ0) is 15.3. The average molecular weight is 351 g/mol. The van der Waals surface area contributed by atoms with Gasteiger partial charge in [-0.15, -0.1) is 0 Å². The highest BCUT2D eigenvalue weighted by Gasteiger charge is 2.53. The summed E-state index contributed by atoms with van der Waals surface area (Å²) in [5.74, 6) is 0. The molecular weight excluding hydrogens is 336 g/mol. The predicted octanol–water partition coefficient (Wildman–Crippen LogP) is 3.77. The summed E-state index contributed by atoms with van der Waals surface area (Å²) in [6, 6.07) is 4.28. The van der Waals surface area contributed by atoms with Gasteiger partial charge in [-0.2, -0.15) is 13.2 Å². The van der Waals surface area contributed by atoms with E-state index in [1.54, 1.807) is 33.8 Å². The van der Waals surface area contributed by atoms with E-state index in [0.717, 1.165) is 0 Å². The molecule has 1 aromatic rings. The van der Waals surface area contributed by atoms with Gasteiger partial charge >= 0.3 is 13.3 Å². The van der Waals surface area contributed by atoms with Crippen molar-refractivity contribution in [3.05, 3.63) is 28.2 Å². The van der Waals surface area contributed by atoms with E-state index in [9.17, 15) is 13.2 Å². The first-order valence-electron chi connectivity index (χ1n) is 6.17. The molecule has 0 radical (unpaired) electrons. The zero-order valence-electron chi connectivity index (χ0n) is 11.6. The highest BCUT2D eigenvalue weighted by atomic mass is 79.9. The Morgan fingerprint density at radius 1 is 1.05 bits per heavy atom. The van der Waals surface area contributed by atoms with Crippen LogP contribution >= 0.6 is 15.9 Å². The summed E-state index contributed by atoms with van der Waals surface area (Å²) in [6.07, 6.45) is -4.47. The maximum Gasteiger partial charge on any atom is 0.495 e. The van der Waals surface area contributed by atoms with Crippen molar-refractivity contribution in [3.8, 4) is 0 Å². The predicted molar refractivity (Wildman–Crippen MR) is 74.9 cm³/mol. The molecule has 0 N–H and O–H groups in total. The maximum atomic E-state index is 13.2. The molecule has 20 heavy (non-hydrogen) atoms. The zero-order valence-corrected chi connectivity index (χ0v) is 13.2. The van der Waals surface area contributed by atoms with Crippen LogP contribution in [0.25, 0.3) is 0 Å². The van der Waals surface area contributed by atoms with E-state index in [4.69, 9.17) is 9.31 Å². The fourth-order valence-electron chi connectivity index (χ4n) is 2.01. The van der Waals surface area contributed by atoms with E-state index in [2.05, 4.69) is 15.9 Å². The molecule has 0 aromatic heterocycles. The Morgan fingerprint density at radius 2 is 1.55 bits per heavy atom. The number of halogens is 4. The Kier molecular flexibility index (Phi) is 3.76. The molecule has 0 spiro atoms. The molecule has 1 heterocycles. The lowest BCUT2D eigenvalue weighted by atomic mass is 9.76. The molecule has 0 atom stereocenters. The van der Waals surface area contributed by atoms with Crippen LogP contribution in [0.2, 0.25) is 0 Å². The van der Waals surface area contributed by atoms with E-state index in [1.165, 1.54) is 12.1 Å². The van der Waals surface area contributed by atoms with Crippen LogP contribution in [0, 0.1) is 0 Å². The Bertz CT molecular complexity index is 513. The van der Waals surface area contributed by atoms with Crippen molar-refractivity contribution in [2.75, 3.05) is 0 Å². The minimum Gasteiger partial charge on any atom is -0.399 e. The van der Waals surface area contributed by atoms with Crippen molar-refractivity contribution >= 4 is 28.5 Å². The normalized spacial score (nSPS) is 21.3. The third kappa shape index (κ3) is 2.63. The third-order valence-electron chi connectivity index (χ3n) is 3.84. The Balaban J connectivity index is 2.49. The molecule has 1 saturated heterocycles. The highest BCUT2D eigenvalue weighted by Crippen LogP contribution is 2.39. The quantitative estimate of drug-likeness (QED) is 0.718. The first-order valence-corrected chi connectivity index (χ1v) is 6.96. The summed E-state index contributed by atoms with van der Waals surface area (Å²) in [5, 5.41) is 0. The summed E-state index contributed by atoms with van der Waals surface area (Å²) in [5.41, 5.74) is -2.12. The van der Waals surface area contributed by atoms with Gasteiger partial charge in [-0.05, 0) is 39.2 Å². The van der Waals surface area contributed by atoms with Crippen molar-refractivity contribution in [1.82, 2.24) is 0 Å². The molecule has 7 heteroatoms. The van der Waals surface area contributed by atoms with Crippen LogP contribution < -0.4 is 5.46 Å². The lowest BCUT2D eigenvalue weighted by molar-refractivity contribution is -0.137. The average Bonchev–Trinajstić information content (AvgIpc) is 2.46. The summed E-state index contributed by atoms with van der Waals surface area (Å²) >= 11 is 2.96. The molecule has 1 aliphatic rings. The van der Waals surface area contributed by atoms with Gasteiger partial charge in [0.05, 0.1) is 16.8 Å². The van der Waals surface area contributed by atoms with E-state index < -0.39 is 30.1 Å². The molecule has 1 aromatic carbocycles. The Labute approximate surface area is 124 Å². The summed E-state index contributed by atoms with van der Waals surface area (Å²) < 4.78 is 51.0. The van der Waals surface area contributed by atoms with Gasteiger partial charge in [0.25, 0.3) is 0 Å². The van der Waals surface area contributed by atoms with Gasteiger partial charge in [-0.25, -0.2) is 0 Å². The van der Waals surface area contributed by atoms with E-state index >= 15 is 0 Å². The second-order valence-corrected chi connectivity index (χ2v) is 6.64. The largest absolute Gasteiger partial charge is 0.495 e. The maximum absolute atomic E-state index is 13.2. The van der Waals surface area contributed by atoms with Crippen LogP contribution in [-0.2, 0) is 15.5 Å². The van der Waals surface area contributed by atoms with Gasteiger partial charge in [0.15, 0.2) is 0 Å². The van der Waals surface area contributed by atoms with Crippen molar-refractivity contribution in [2.24, 2.45) is 0 Å². The lowest BCUT2D eigenvalue weighted by Gasteiger charge is -2.32. The number of hydrogen-bond acceptors (Lipinski definition) is 2. The second kappa shape index (κ2) is 4.75. The van der Waals surface area contributed by atoms with Gasteiger partial charge in [0, 0.05) is 4.47 Å². The SMILES string of the molecule is CC1(C)OB(c2cccc(Br)c2C(F)(F)F)OC1(C)C. The molecule has 0 bridgehead atoms. The molecule has 2 rings (SSSR count). The Morgan fingerprint density at radius 3 is 2.00 bits per heavy atom. The van der Waals surface area contributed by atoms with Crippen LogP contribution in [0.4, 0.5) is 13.2 Å². The van der Waals surface area contributed by atoms with Gasteiger partial charge in [0.2, 0.25) is 0 Å². The molecule has 1 aliphatic heterocycles. The number of hydrogen-bond donors (Lipinski definition) is 0. The Hall–Kier alpha value is -0.525. The van der Waals surface area contributed by atoms with Crippen LogP contribution in [-0.4, -0.2) is 18.3 Å². The molecule has 2 nitrogen and oxygen atoms in total. The second-order valence-electron chi connectivity index (χ2n) is 5.79. The van der Waals surface area contributed by atoms with Crippen LogP contribution in [0.3, 0.4) is 0 Å². The van der Waals surface area contributed by atoms with Crippen molar-refractivity contribution in [2.45, 2.75) is 45.1 Å². The summed E-state index contributed by atoms with van der Waals surface area (Å²) in [6.45, 7) is 7.22. The fraction of sp³-hybridized carbons (Fsp3) is 0.538. The molecule has 0 amide bonds. The summed E-state index contributed by atoms with van der Waals surface area (Å²) in [7, 11) is -1.03. The third-order valence-corrected chi connectivity index (χ3v) is 4.50. The van der Waals surface area contributed by atoms with Crippen molar-refractivity contribution < 1.29 is 22.5 Å². The lowest BCUT2D eigenvalue weighted by Crippen LogP contribution is -2.41. The molecule has 0 unspecified atom stereocenters.